The highest BCUT2D eigenvalue weighted by Gasteiger charge is 2.13. The number of hydrogen-bond acceptors (Lipinski definition) is 3. The Morgan fingerprint density at radius 3 is 2.90 bits per heavy atom. The molecule has 20 heavy (non-hydrogen) atoms. The molecule has 0 aliphatic heterocycles. The minimum absolute atomic E-state index is 0.0238. The van der Waals surface area contributed by atoms with Crippen molar-refractivity contribution in [3.05, 3.63) is 57.8 Å². The molecule has 1 heterocycles. The van der Waals surface area contributed by atoms with Crippen LogP contribution in [0.2, 0.25) is 0 Å². The predicted molar refractivity (Wildman–Crippen MR) is 82.6 cm³/mol. The summed E-state index contributed by atoms with van der Waals surface area (Å²) in [7, 11) is 0. The van der Waals surface area contributed by atoms with E-state index in [-0.39, 0.29) is 18.5 Å². The van der Waals surface area contributed by atoms with Gasteiger partial charge in [0.25, 0.3) is 5.91 Å². The smallest absolute Gasteiger partial charge is 0.253 e. The molecular weight excluding hydrogens is 268 g/mol. The van der Waals surface area contributed by atoms with Crippen LogP contribution in [0.1, 0.15) is 34.5 Å². The molecule has 1 atom stereocenters. The number of thiophene rings is 1. The van der Waals surface area contributed by atoms with Crippen LogP contribution in [-0.4, -0.2) is 12.5 Å². The highest BCUT2D eigenvalue weighted by molar-refractivity contribution is 7.07. The molecule has 0 saturated carbocycles. The molecule has 3 N–H and O–H groups in total. The molecule has 0 aliphatic rings. The third-order valence-electron chi connectivity index (χ3n) is 2.89. The van der Waals surface area contributed by atoms with Gasteiger partial charge in [-0.05, 0) is 41.4 Å². The van der Waals surface area contributed by atoms with Crippen LogP contribution in [0.4, 0.5) is 0 Å². The summed E-state index contributed by atoms with van der Waals surface area (Å²) in [5.41, 5.74) is 7.76. The fourth-order valence-corrected chi connectivity index (χ4v) is 2.57. The Kier molecular flexibility index (Phi) is 4.94. The van der Waals surface area contributed by atoms with Crippen molar-refractivity contribution < 1.29 is 4.79 Å². The van der Waals surface area contributed by atoms with E-state index in [1.54, 1.807) is 17.4 Å². The normalized spacial score (nSPS) is 11.3. The summed E-state index contributed by atoms with van der Waals surface area (Å²) in [6.07, 6.45) is 0. The predicted octanol–water partition coefficient (Wildman–Crippen LogP) is 2.55. The average Bonchev–Trinajstić information content (AvgIpc) is 2.99. The molecule has 0 radical (unpaired) electrons. The van der Waals surface area contributed by atoms with Crippen molar-refractivity contribution in [3.8, 4) is 11.8 Å². The Hall–Kier alpha value is -2.09. The van der Waals surface area contributed by atoms with E-state index in [1.807, 2.05) is 41.9 Å². The maximum atomic E-state index is 12.3. The lowest BCUT2D eigenvalue weighted by atomic mass is 10.1. The van der Waals surface area contributed by atoms with E-state index in [9.17, 15) is 4.79 Å². The Morgan fingerprint density at radius 2 is 2.20 bits per heavy atom. The Labute approximate surface area is 122 Å². The second kappa shape index (κ2) is 6.90. The standard InChI is InChI=1S/C16H16N2OS/c1-12(14-8-10-20-11-14)18-16(19)15-7-3-2-5-13(15)6-4-9-17/h2-3,5,7-8,10-12H,9,17H2,1H3,(H,18,19). The number of hydrogen-bond donors (Lipinski definition) is 2. The summed E-state index contributed by atoms with van der Waals surface area (Å²) in [5.74, 6) is 5.59. The zero-order valence-electron chi connectivity index (χ0n) is 11.2. The van der Waals surface area contributed by atoms with E-state index in [4.69, 9.17) is 5.73 Å². The first-order chi connectivity index (χ1) is 9.72. The number of carbonyl (C=O) groups is 1. The maximum Gasteiger partial charge on any atom is 0.253 e. The molecule has 1 aromatic carbocycles. The first kappa shape index (κ1) is 14.3. The van der Waals surface area contributed by atoms with Crippen LogP contribution in [0, 0.1) is 11.8 Å². The monoisotopic (exact) mass is 284 g/mol. The van der Waals surface area contributed by atoms with Gasteiger partial charge in [0.1, 0.15) is 0 Å². The lowest BCUT2D eigenvalue weighted by molar-refractivity contribution is 0.0939. The third kappa shape index (κ3) is 3.47. The van der Waals surface area contributed by atoms with Gasteiger partial charge in [0.15, 0.2) is 0 Å². The van der Waals surface area contributed by atoms with Crippen molar-refractivity contribution in [2.45, 2.75) is 13.0 Å². The molecule has 0 spiro atoms. The number of amides is 1. The van der Waals surface area contributed by atoms with E-state index < -0.39 is 0 Å². The quantitative estimate of drug-likeness (QED) is 0.851. The second-order valence-corrected chi connectivity index (χ2v) is 5.08. The van der Waals surface area contributed by atoms with Crippen LogP contribution in [-0.2, 0) is 0 Å². The molecule has 3 nitrogen and oxygen atoms in total. The molecule has 1 amide bonds. The van der Waals surface area contributed by atoms with Crippen molar-refractivity contribution in [2.24, 2.45) is 5.73 Å². The molecule has 1 unspecified atom stereocenters. The number of carbonyl (C=O) groups excluding carboxylic acids is 1. The molecule has 1 aromatic heterocycles. The fourth-order valence-electron chi connectivity index (χ4n) is 1.82. The molecule has 4 heteroatoms. The van der Waals surface area contributed by atoms with Gasteiger partial charge in [-0.15, -0.1) is 0 Å². The van der Waals surface area contributed by atoms with Crippen molar-refractivity contribution >= 4 is 17.2 Å². The second-order valence-electron chi connectivity index (χ2n) is 4.30. The van der Waals surface area contributed by atoms with Gasteiger partial charge in [0, 0.05) is 5.56 Å². The average molecular weight is 284 g/mol. The summed E-state index contributed by atoms with van der Waals surface area (Å²) in [6, 6.07) is 9.28. The van der Waals surface area contributed by atoms with Crippen molar-refractivity contribution in [1.29, 1.82) is 0 Å². The SMILES string of the molecule is CC(NC(=O)c1ccccc1C#CCN)c1ccsc1. The number of benzene rings is 1. The molecule has 102 valence electrons. The van der Waals surface area contributed by atoms with Crippen LogP contribution in [0.3, 0.4) is 0 Å². The molecule has 0 aliphatic carbocycles. The Bertz CT molecular complexity index is 638. The molecule has 2 aromatic rings. The zero-order valence-corrected chi connectivity index (χ0v) is 12.0. The van der Waals surface area contributed by atoms with E-state index >= 15 is 0 Å². The van der Waals surface area contributed by atoms with Gasteiger partial charge in [-0.25, -0.2) is 0 Å². The van der Waals surface area contributed by atoms with Gasteiger partial charge in [-0.2, -0.15) is 11.3 Å². The highest BCUT2D eigenvalue weighted by atomic mass is 32.1. The third-order valence-corrected chi connectivity index (χ3v) is 3.59. The van der Waals surface area contributed by atoms with Crippen LogP contribution >= 0.6 is 11.3 Å². The van der Waals surface area contributed by atoms with Crippen LogP contribution < -0.4 is 11.1 Å². The highest BCUT2D eigenvalue weighted by Crippen LogP contribution is 2.17. The largest absolute Gasteiger partial charge is 0.345 e. The first-order valence-electron chi connectivity index (χ1n) is 6.33. The lowest BCUT2D eigenvalue weighted by Crippen LogP contribution is -2.27. The summed E-state index contributed by atoms with van der Waals surface area (Å²) in [4.78, 5) is 12.3. The topological polar surface area (TPSA) is 55.1 Å². The van der Waals surface area contributed by atoms with Gasteiger partial charge >= 0.3 is 0 Å². The number of rotatable bonds is 3. The van der Waals surface area contributed by atoms with Gasteiger partial charge in [0.05, 0.1) is 18.2 Å². The Balaban J connectivity index is 2.17. The summed E-state index contributed by atoms with van der Waals surface area (Å²) in [6.45, 7) is 2.25. The molecule has 0 fully saturated rings. The van der Waals surface area contributed by atoms with Gasteiger partial charge in [-0.1, -0.05) is 24.0 Å². The number of nitrogens with two attached hydrogens (primary N) is 1. The minimum atomic E-state index is -0.120. The van der Waals surface area contributed by atoms with Crippen LogP contribution in [0.15, 0.2) is 41.1 Å². The van der Waals surface area contributed by atoms with Crippen molar-refractivity contribution in [1.82, 2.24) is 5.32 Å². The molecule has 2 rings (SSSR count). The minimum Gasteiger partial charge on any atom is -0.345 e. The van der Waals surface area contributed by atoms with E-state index in [0.717, 1.165) is 5.56 Å². The summed E-state index contributed by atoms with van der Waals surface area (Å²) in [5, 5.41) is 7.02. The van der Waals surface area contributed by atoms with E-state index in [0.29, 0.717) is 11.1 Å². The van der Waals surface area contributed by atoms with Crippen molar-refractivity contribution in [3.63, 3.8) is 0 Å². The molecule has 0 saturated heterocycles. The van der Waals surface area contributed by atoms with E-state index in [2.05, 4.69) is 17.2 Å². The molecule has 0 bridgehead atoms. The van der Waals surface area contributed by atoms with Gasteiger partial charge in [0.2, 0.25) is 0 Å². The number of nitrogens with one attached hydrogen (secondary N) is 1. The van der Waals surface area contributed by atoms with Gasteiger partial charge in [-0.3, -0.25) is 4.79 Å². The van der Waals surface area contributed by atoms with Crippen molar-refractivity contribution in [2.75, 3.05) is 6.54 Å². The van der Waals surface area contributed by atoms with Gasteiger partial charge < -0.3 is 11.1 Å². The Morgan fingerprint density at radius 1 is 1.40 bits per heavy atom. The summed E-state index contributed by atoms with van der Waals surface area (Å²) >= 11 is 1.62. The van der Waals surface area contributed by atoms with Crippen LogP contribution in [0.25, 0.3) is 0 Å². The maximum absolute atomic E-state index is 12.3. The fraction of sp³-hybridized carbons (Fsp3) is 0.188. The first-order valence-corrected chi connectivity index (χ1v) is 7.27. The zero-order chi connectivity index (χ0) is 14.4. The van der Waals surface area contributed by atoms with E-state index in [1.165, 1.54) is 0 Å². The summed E-state index contributed by atoms with van der Waals surface area (Å²) < 4.78 is 0. The van der Waals surface area contributed by atoms with Crippen LogP contribution in [0.5, 0.6) is 0 Å². The lowest BCUT2D eigenvalue weighted by Gasteiger charge is -2.13. The molecular formula is C16H16N2OS.